The third-order valence-corrected chi connectivity index (χ3v) is 4.22. The summed E-state index contributed by atoms with van der Waals surface area (Å²) >= 11 is 6.24. The molecule has 0 aliphatic rings. The summed E-state index contributed by atoms with van der Waals surface area (Å²) in [5, 5.41) is 7.99. The van der Waals surface area contributed by atoms with Crippen molar-refractivity contribution in [2.24, 2.45) is 12.8 Å². The first kappa shape index (κ1) is 18.8. The van der Waals surface area contributed by atoms with Gasteiger partial charge in [0.25, 0.3) is 0 Å². The number of aryl methyl sites for hydroxylation is 2. The Hall–Kier alpha value is -2.93. The second-order valence-corrected chi connectivity index (χ2v) is 6.74. The molecule has 8 heteroatoms. The van der Waals surface area contributed by atoms with E-state index >= 15 is 0 Å². The van der Waals surface area contributed by atoms with Crippen LogP contribution in [-0.2, 0) is 11.8 Å². The number of benzene rings is 1. The van der Waals surface area contributed by atoms with Gasteiger partial charge in [0.05, 0.1) is 0 Å². The molecule has 1 amide bonds. The largest absolute Gasteiger partial charge is 0.370 e. The van der Waals surface area contributed by atoms with Gasteiger partial charge >= 0.3 is 0 Å². The van der Waals surface area contributed by atoms with Gasteiger partial charge in [-0.3, -0.25) is 9.48 Å². The molecule has 3 aromatic rings. The summed E-state index contributed by atoms with van der Waals surface area (Å²) in [5.74, 6) is 0.976. The molecule has 0 atom stereocenters. The molecular weight excluding hydrogens is 364 g/mol. The third-order valence-electron chi connectivity index (χ3n) is 4.03. The van der Waals surface area contributed by atoms with Crippen molar-refractivity contribution in [3.8, 4) is 22.5 Å². The Balaban J connectivity index is 1.94. The number of nitrogens with zero attached hydrogens (tertiary/aromatic N) is 4. The molecule has 7 nitrogen and oxygen atoms in total. The molecule has 3 N–H and O–H groups in total. The van der Waals surface area contributed by atoms with Gasteiger partial charge in [0.15, 0.2) is 5.82 Å². The molecule has 2 aromatic heterocycles. The van der Waals surface area contributed by atoms with Crippen LogP contribution in [0, 0.1) is 6.92 Å². The van der Waals surface area contributed by atoms with Crippen LogP contribution in [0.4, 0.5) is 5.82 Å². The van der Waals surface area contributed by atoms with Gasteiger partial charge in [0.1, 0.15) is 17.3 Å². The number of nitrogens with one attached hydrogen (secondary N) is 1. The molecule has 0 saturated heterocycles. The predicted molar refractivity (Wildman–Crippen MR) is 106 cm³/mol. The van der Waals surface area contributed by atoms with E-state index in [0.717, 1.165) is 22.3 Å². The summed E-state index contributed by atoms with van der Waals surface area (Å²) in [4.78, 5) is 19.5. The average Bonchev–Trinajstić information content (AvgIpc) is 3.04. The molecule has 0 unspecified atom stereocenters. The van der Waals surface area contributed by atoms with Crippen molar-refractivity contribution in [2.75, 3.05) is 11.9 Å². The van der Waals surface area contributed by atoms with Gasteiger partial charge in [-0.2, -0.15) is 5.10 Å². The zero-order chi connectivity index (χ0) is 19.4. The van der Waals surface area contributed by atoms with E-state index in [0.29, 0.717) is 36.2 Å². The van der Waals surface area contributed by atoms with E-state index in [2.05, 4.69) is 26.4 Å². The Morgan fingerprint density at radius 1 is 1.26 bits per heavy atom. The maximum Gasteiger partial charge on any atom is 0.217 e. The van der Waals surface area contributed by atoms with Crippen molar-refractivity contribution < 1.29 is 4.79 Å². The zero-order valence-corrected chi connectivity index (χ0v) is 16.0. The van der Waals surface area contributed by atoms with E-state index < -0.39 is 0 Å². The minimum atomic E-state index is -0.316. The highest BCUT2D eigenvalue weighted by Crippen LogP contribution is 2.33. The Labute approximate surface area is 162 Å². The highest BCUT2D eigenvalue weighted by Gasteiger charge is 2.13. The number of nitrogens with two attached hydrogens (primary N) is 1. The third kappa shape index (κ3) is 4.83. The molecular formula is C19H21ClN6O. The van der Waals surface area contributed by atoms with E-state index in [-0.39, 0.29) is 5.91 Å². The lowest BCUT2D eigenvalue weighted by Crippen LogP contribution is -2.13. The van der Waals surface area contributed by atoms with Crippen molar-refractivity contribution in [3.05, 3.63) is 47.4 Å². The summed E-state index contributed by atoms with van der Waals surface area (Å²) in [6.07, 6.45) is 2.63. The second-order valence-electron chi connectivity index (χ2n) is 6.35. The lowest BCUT2D eigenvalue weighted by atomic mass is 9.97. The Bertz CT molecular complexity index is 969. The van der Waals surface area contributed by atoms with Gasteiger partial charge in [-0.25, -0.2) is 9.97 Å². The zero-order valence-electron chi connectivity index (χ0n) is 15.2. The van der Waals surface area contributed by atoms with Crippen molar-refractivity contribution in [3.63, 3.8) is 0 Å². The number of hydrogen-bond donors (Lipinski definition) is 2. The summed E-state index contributed by atoms with van der Waals surface area (Å²) in [6.45, 7) is 2.61. The van der Waals surface area contributed by atoms with Gasteiger partial charge in [-0.15, -0.1) is 0 Å². The molecule has 0 fully saturated rings. The standard InChI is InChI=1S/C19H21ClN6O/c1-12-5-6-14(19-23-11-26(2)25-19)15(8-12)13-9-16(20)24-18(10-13)22-7-3-4-17(21)27/h5-6,8-11H,3-4,7H2,1-2H3,(H2,21,27)(H,22,24). The molecule has 1 aromatic carbocycles. The van der Waals surface area contributed by atoms with Crippen molar-refractivity contribution in [1.82, 2.24) is 19.7 Å². The SMILES string of the molecule is Cc1ccc(-c2ncn(C)n2)c(-c2cc(Cl)nc(NCCCC(N)=O)c2)c1. The number of halogens is 1. The van der Waals surface area contributed by atoms with Crippen LogP contribution in [-0.4, -0.2) is 32.2 Å². The van der Waals surface area contributed by atoms with Gasteiger partial charge in [-0.05, 0) is 36.6 Å². The fraction of sp³-hybridized carbons (Fsp3) is 0.263. The molecule has 0 aliphatic heterocycles. The maximum absolute atomic E-state index is 10.9. The number of rotatable bonds is 7. The molecule has 3 rings (SSSR count). The number of carbonyl (C=O) groups excluding carboxylic acids is 1. The maximum atomic E-state index is 10.9. The fourth-order valence-electron chi connectivity index (χ4n) is 2.78. The normalized spacial score (nSPS) is 10.8. The average molecular weight is 385 g/mol. The van der Waals surface area contributed by atoms with Crippen LogP contribution >= 0.6 is 11.6 Å². The lowest BCUT2D eigenvalue weighted by Gasteiger charge is -2.12. The smallest absolute Gasteiger partial charge is 0.217 e. The Kier molecular flexibility index (Phi) is 5.71. The second kappa shape index (κ2) is 8.18. The molecule has 0 bridgehead atoms. The van der Waals surface area contributed by atoms with E-state index in [9.17, 15) is 4.79 Å². The van der Waals surface area contributed by atoms with Gasteiger partial charge in [-0.1, -0.05) is 35.4 Å². The summed E-state index contributed by atoms with van der Waals surface area (Å²) in [7, 11) is 1.84. The number of anilines is 1. The quantitative estimate of drug-likeness (QED) is 0.481. The summed E-state index contributed by atoms with van der Waals surface area (Å²) < 4.78 is 1.67. The number of amides is 1. The number of aromatic nitrogens is 4. The first-order valence-corrected chi connectivity index (χ1v) is 8.97. The first-order chi connectivity index (χ1) is 12.9. The van der Waals surface area contributed by atoms with E-state index in [4.69, 9.17) is 17.3 Å². The van der Waals surface area contributed by atoms with Crippen LogP contribution in [0.25, 0.3) is 22.5 Å². The van der Waals surface area contributed by atoms with E-state index in [1.165, 1.54) is 0 Å². The minimum Gasteiger partial charge on any atom is -0.370 e. The van der Waals surface area contributed by atoms with Gasteiger partial charge < -0.3 is 11.1 Å². The highest BCUT2D eigenvalue weighted by atomic mass is 35.5. The predicted octanol–water partition coefficient (Wildman–Crippen LogP) is 3.18. The Morgan fingerprint density at radius 3 is 2.78 bits per heavy atom. The molecule has 0 spiro atoms. The van der Waals surface area contributed by atoms with Crippen LogP contribution in [0.15, 0.2) is 36.7 Å². The van der Waals surface area contributed by atoms with Crippen LogP contribution in [0.3, 0.4) is 0 Å². The number of pyridine rings is 1. The van der Waals surface area contributed by atoms with Gasteiger partial charge in [0, 0.05) is 25.6 Å². The summed E-state index contributed by atoms with van der Waals surface area (Å²) in [5.41, 5.74) is 9.10. The first-order valence-electron chi connectivity index (χ1n) is 8.59. The monoisotopic (exact) mass is 384 g/mol. The van der Waals surface area contributed by atoms with Crippen LogP contribution < -0.4 is 11.1 Å². The Morgan fingerprint density at radius 2 is 2.07 bits per heavy atom. The fourth-order valence-corrected chi connectivity index (χ4v) is 2.99. The molecule has 0 aliphatic carbocycles. The topological polar surface area (TPSA) is 98.7 Å². The van der Waals surface area contributed by atoms with E-state index in [1.54, 1.807) is 11.0 Å². The molecule has 0 radical (unpaired) electrons. The minimum absolute atomic E-state index is 0.316. The highest BCUT2D eigenvalue weighted by molar-refractivity contribution is 6.29. The van der Waals surface area contributed by atoms with Crippen molar-refractivity contribution >= 4 is 23.3 Å². The summed E-state index contributed by atoms with van der Waals surface area (Å²) in [6, 6.07) is 9.86. The number of carbonyl (C=O) groups is 1. The molecule has 140 valence electrons. The number of hydrogen-bond acceptors (Lipinski definition) is 5. The molecule has 2 heterocycles. The van der Waals surface area contributed by atoms with E-state index in [1.807, 2.05) is 38.2 Å². The molecule has 0 saturated carbocycles. The van der Waals surface area contributed by atoms with Crippen LogP contribution in [0.2, 0.25) is 5.15 Å². The number of primary amides is 1. The van der Waals surface area contributed by atoms with Crippen LogP contribution in [0.1, 0.15) is 18.4 Å². The van der Waals surface area contributed by atoms with Gasteiger partial charge in [0.2, 0.25) is 5.91 Å². The van der Waals surface area contributed by atoms with Crippen molar-refractivity contribution in [1.29, 1.82) is 0 Å². The lowest BCUT2D eigenvalue weighted by molar-refractivity contribution is -0.118. The van der Waals surface area contributed by atoms with Crippen LogP contribution in [0.5, 0.6) is 0 Å². The molecule has 27 heavy (non-hydrogen) atoms. The van der Waals surface area contributed by atoms with Crippen molar-refractivity contribution in [2.45, 2.75) is 19.8 Å².